The van der Waals surface area contributed by atoms with E-state index in [-0.39, 0.29) is 0 Å². The van der Waals surface area contributed by atoms with E-state index < -0.39 is 0 Å². The minimum atomic E-state index is 0.723. The van der Waals surface area contributed by atoms with Gasteiger partial charge in [-0.05, 0) is 37.1 Å². The fraction of sp³-hybridized carbons (Fsp3) is 0.235. The predicted molar refractivity (Wildman–Crippen MR) is 86.5 cm³/mol. The average Bonchev–Trinajstić information content (AvgIpc) is 2.91. The second-order valence-corrected chi connectivity index (χ2v) is 5.18. The van der Waals surface area contributed by atoms with Crippen LogP contribution in [0.4, 0.5) is 5.69 Å². The SMILES string of the molecule is CCCOc1ccc2nc(-c3ccc(C)c(N)c3)[nH]c2c1. The summed E-state index contributed by atoms with van der Waals surface area (Å²) in [6.45, 7) is 4.81. The zero-order valence-corrected chi connectivity index (χ0v) is 12.3. The van der Waals surface area contributed by atoms with Crippen molar-refractivity contribution in [2.75, 3.05) is 12.3 Å². The molecule has 2 aromatic carbocycles. The number of aromatic amines is 1. The highest BCUT2D eigenvalue weighted by molar-refractivity contribution is 5.81. The molecule has 1 aromatic heterocycles. The van der Waals surface area contributed by atoms with Crippen molar-refractivity contribution in [2.24, 2.45) is 0 Å². The van der Waals surface area contributed by atoms with Crippen molar-refractivity contribution >= 4 is 16.7 Å². The van der Waals surface area contributed by atoms with Crippen molar-refractivity contribution in [1.29, 1.82) is 0 Å². The Bertz CT molecular complexity index is 777. The molecule has 0 radical (unpaired) electrons. The zero-order valence-electron chi connectivity index (χ0n) is 12.3. The Morgan fingerprint density at radius 2 is 2.05 bits per heavy atom. The van der Waals surface area contributed by atoms with Crippen LogP contribution in [0.5, 0.6) is 5.75 Å². The van der Waals surface area contributed by atoms with Gasteiger partial charge in [0.2, 0.25) is 0 Å². The van der Waals surface area contributed by atoms with Gasteiger partial charge in [-0.15, -0.1) is 0 Å². The fourth-order valence-corrected chi connectivity index (χ4v) is 2.22. The summed E-state index contributed by atoms with van der Waals surface area (Å²) in [6.07, 6.45) is 0.995. The number of nitrogens with one attached hydrogen (secondary N) is 1. The maximum atomic E-state index is 5.97. The molecule has 0 bridgehead atoms. The summed E-state index contributed by atoms with van der Waals surface area (Å²) in [5.41, 5.74) is 10.7. The molecule has 0 amide bonds. The molecular formula is C17H19N3O. The number of ether oxygens (including phenoxy) is 1. The van der Waals surface area contributed by atoms with E-state index in [2.05, 4.69) is 16.9 Å². The summed E-state index contributed by atoms with van der Waals surface area (Å²) in [5, 5.41) is 0. The monoisotopic (exact) mass is 281 g/mol. The Morgan fingerprint density at radius 3 is 2.81 bits per heavy atom. The second kappa shape index (κ2) is 5.48. The standard InChI is InChI=1S/C17H19N3O/c1-3-8-21-13-6-7-15-16(10-13)20-17(19-15)12-5-4-11(2)14(18)9-12/h4-7,9-10H,3,8,18H2,1-2H3,(H,19,20). The molecule has 3 N–H and O–H groups in total. The third kappa shape index (κ3) is 2.70. The van der Waals surface area contributed by atoms with E-state index in [1.165, 1.54) is 0 Å². The van der Waals surface area contributed by atoms with Crippen LogP contribution in [0.3, 0.4) is 0 Å². The third-order valence-electron chi connectivity index (χ3n) is 3.48. The molecule has 4 heteroatoms. The highest BCUT2D eigenvalue weighted by Crippen LogP contribution is 2.26. The quantitative estimate of drug-likeness (QED) is 0.713. The van der Waals surface area contributed by atoms with Crippen LogP contribution in [0.15, 0.2) is 36.4 Å². The summed E-state index contributed by atoms with van der Waals surface area (Å²) in [4.78, 5) is 7.94. The molecule has 0 saturated carbocycles. The Labute approximate surface area is 124 Å². The number of aromatic nitrogens is 2. The minimum absolute atomic E-state index is 0.723. The highest BCUT2D eigenvalue weighted by atomic mass is 16.5. The Balaban J connectivity index is 1.98. The fourth-order valence-electron chi connectivity index (χ4n) is 2.22. The van der Waals surface area contributed by atoms with E-state index in [1.54, 1.807) is 0 Å². The van der Waals surface area contributed by atoms with Crippen molar-refractivity contribution in [1.82, 2.24) is 9.97 Å². The number of benzene rings is 2. The van der Waals surface area contributed by atoms with Crippen LogP contribution in [0, 0.1) is 6.92 Å². The molecule has 0 unspecified atom stereocenters. The lowest BCUT2D eigenvalue weighted by molar-refractivity contribution is 0.318. The summed E-state index contributed by atoms with van der Waals surface area (Å²) < 4.78 is 5.65. The molecule has 108 valence electrons. The number of H-pyrrole nitrogens is 1. The Hall–Kier alpha value is -2.49. The lowest BCUT2D eigenvalue weighted by atomic mass is 10.1. The van der Waals surface area contributed by atoms with Crippen molar-refractivity contribution in [3.63, 3.8) is 0 Å². The highest BCUT2D eigenvalue weighted by Gasteiger charge is 2.07. The molecule has 3 aromatic rings. The van der Waals surface area contributed by atoms with Gasteiger partial charge in [0.1, 0.15) is 11.6 Å². The molecule has 3 rings (SSSR count). The maximum Gasteiger partial charge on any atom is 0.138 e. The van der Waals surface area contributed by atoms with E-state index in [0.29, 0.717) is 0 Å². The number of nitrogens with two attached hydrogens (primary N) is 1. The van der Waals surface area contributed by atoms with Gasteiger partial charge in [-0.1, -0.05) is 19.1 Å². The lowest BCUT2D eigenvalue weighted by Gasteiger charge is -2.03. The molecular weight excluding hydrogens is 262 g/mol. The third-order valence-corrected chi connectivity index (χ3v) is 3.48. The summed E-state index contributed by atoms with van der Waals surface area (Å²) in [6, 6.07) is 11.9. The van der Waals surface area contributed by atoms with Gasteiger partial charge < -0.3 is 15.5 Å². The molecule has 0 aliphatic carbocycles. The number of hydrogen-bond acceptors (Lipinski definition) is 3. The van der Waals surface area contributed by atoms with Crippen molar-refractivity contribution < 1.29 is 4.74 Å². The molecule has 0 saturated heterocycles. The van der Waals surface area contributed by atoms with E-state index in [9.17, 15) is 0 Å². The van der Waals surface area contributed by atoms with Gasteiger partial charge >= 0.3 is 0 Å². The van der Waals surface area contributed by atoms with Crippen molar-refractivity contribution in [2.45, 2.75) is 20.3 Å². The Kier molecular flexibility index (Phi) is 3.52. The van der Waals surface area contributed by atoms with Crippen LogP contribution in [0.2, 0.25) is 0 Å². The normalized spacial score (nSPS) is 11.0. The predicted octanol–water partition coefficient (Wildman–Crippen LogP) is 3.91. The number of imidazole rings is 1. The number of fused-ring (bicyclic) bond motifs is 1. The molecule has 21 heavy (non-hydrogen) atoms. The van der Waals surface area contributed by atoms with Gasteiger partial charge in [-0.2, -0.15) is 0 Å². The van der Waals surface area contributed by atoms with Crippen LogP contribution in [0.1, 0.15) is 18.9 Å². The van der Waals surface area contributed by atoms with Gasteiger partial charge in [0, 0.05) is 17.3 Å². The average molecular weight is 281 g/mol. The molecule has 4 nitrogen and oxygen atoms in total. The number of nitrogens with zero attached hydrogens (tertiary/aromatic N) is 1. The molecule has 0 atom stereocenters. The van der Waals surface area contributed by atoms with Crippen molar-refractivity contribution in [3.8, 4) is 17.1 Å². The van der Waals surface area contributed by atoms with Gasteiger partial charge in [-0.25, -0.2) is 4.98 Å². The van der Waals surface area contributed by atoms with Crippen LogP contribution in [-0.2, 0) is 0 Å². The number of rotatable bonds is 4. The van der Waals surface area contributed by atoms with Gasteiger partial charge in [0.15, 0.2) is 0 Å². The molecule has 0 spiro atoms. The zero-order chi connectivity index (χ0) is 14.8. The van der Waals surface area contributed by atoms with Crippen LogP contribution in [0.25, 0.3) is 22.4 Å². The van der Waals surface area contributed by atoms with Crippen molar-refractivity contribution in [3.05, 3.63) is 42.0 Å². The minimum Gasteiger partial charge on any atom is -0.494 e. The molecule has 0 aliphatic rings. The number of anilines is 1. The topological polar surface area (TPSA) is 63.9 Å². The number of hydrogen-bond donors (Lipinski definition) is 2. The molecule has 0 aliphatic heterocycles. The van der Waals surface area contributed by atoms with E-state index >= 15 is 0 Å². The van der Waals surface area contributed by atoms with E-state index in [1.807, 2.05) is 43.3 Å². The first-order valence-corrected chi connectivity index (χ1v) is 7.16. The number of nitrogen functional groups attached to an aromatic ring is 1. The first-order valence-electron chi connectivity index (χ1n) is 7.16. The summed E-state index contributed by atoms with van der Waals surface area (Å²) >= 11 is 0. The largest absolute Gasteiger partial charge is 0.494 e. The first kappa shape index (κ1) is 13.5. The van der Waals surface area contributed by atoms with Crippen LogP contribution in [-0.4, -0.2) is 16.6 Å². The lowest BCUT2D eigenvalue weighted by Crippen LogP contribution is -1.94. The second-order valence-electron chi connectivity index (χ2n) is 5.18. The number of aryl methyl sites for hydroxylation is 1. The van der Waals surface area contributed by atoms with E-state index in [0.717, 1.165) is 52.4 Å². The smallest absolute Gasteiger partial charge is 0.138 e. The van der Waals surface area contributed by atoms with Gasteiger partial charge in [0.05, 0.1) is 17.6 Å². The van der Waals surface area contributed by atoms with E-state index in [4.69, 9.17) is 10.5 Å². The van der Waals surface area contributed by atoms with Crippen LogP contribution < -0.4 is 10.5 Å². The Morgan fingerprint density at radius 1 is 1.19 bits per heavy atom. The first-order chi connectivity index (χ1) is 10.2. The maximum absolute atomic E-state index is 5.97. The summed E-state index contributed by atoms with van der Waals surface area (Å²) in [5.74, 6) is 1.69. The molecule has 1 heterocycles. The van der Waals surface area contributed by atoms with Crippen LogP contribution >= 0.6 is 0 Å². The molecule has 0 fully saturated rings. The van der Waals surface area contributed by atoms with Gasteiger partial charge in [0.25, 0.3) is 0 Å². The van der Waals surface area contributed by atoms with Gasteiger partial charge in [-0.3, -0.25) is 0 Å². The summed E-state index contributed by atoms with van der Waals surface area (Å²) in [7, 11) is 0.